The van der Waals surface area contributed by atoms with Crippen molar-refractivity contribution in [1.82, 2.24) is 30.6 Å². The third kappa shape index (κ3) is 5.16. The van der Waals surface area contributed by atoms with Gasteiger partial charge in [0.05, 0.1) is 17.8 Å². The van der Waals surface area contributed by atoms with E-state index in [1.54, 1.807) is 41.3 Å². The number of carbonyl (C=O) groups excluding carboxylic acids is 2. The van der Waals surface area contributed by atoms with Crippen molar-refractivity contribution in [2.75, 3.05) is 20.2 Å². The molecule has 2 aromatic heterocycles. The number of hydrogen-bond donors (Lipinski definition) is 2. The van der Waals surface area contributed by atoms with Gasteiger partial charge in [0.25, 0.3) is 5.91 Å². The standard InChI is InChI=1S/C17H17BrN6O4/c1-27-13-4-2-3-11(7-13)15(25)19-5-6-20-16(26)17-22-14(23-28-17)10-24-9-12(18)8-21-24/h2-4,7-9H,5-6,10H2,1H3,(H,19,25)(H,20,26). The third-order valence-corrected chi connectivity index (χ3v) is 4.01. The molecule has 0 radical (unpaired) electrons. The van der Waals surface area contributed by atoms with Gasteiger partial charge >= 0.3 is 11.8 Å². The highest BCUT2D eigenvalue weighted by Crippen LogP contribution is 2.12. The predicted molar refractivity (Wildman–Crippen MR) is 101 cm³/mol. The van der Waals surface area contributed by atoms with Crippen LogP contribution in [0.5, 0.6) is 5.75 Å². The molecule has 0 unspecified atom stereocenters. The molecule has 0 saturated heterocycles. The van der Waals surface area contributed by atoms with Gasteiger partial charge in [0.1, 0.15) is 12.3 Å². The molecule has 0 saturated carbocycles. The first-order chi connectivity index (χ1) is 13.5. The van der Waals surface area contributed by atoms with Gasteiger partial charge in [0, 0.05) is 24.8 Å². The lowest BCUT2D eigenvalue weighted by molar-refractivity contribution is 0.0898. The smallest absolute Gasteiger partial charge is 0.316 e. The zero-order chi connectivity index (χ0) is 19.9. The fourth-order valence-electron chi connectivity index (χ4n) is 2.27. The van der Waals surface area contributed by atoms with E-state index in [0.29, 0.717) is 17.1 Å². The summed E-state index contributed by atoms with van der Waals surface area (Å²) in [5.41, 5.74) is 0.470. The molecule has 0 fully saturated rings. The lowest BCUT2D eigenvalue weighted by atomic mass is 10.2. The van der Waals surface area contributed by atoms with E-state index in [4.69, 9.17) is 9.26 Å². The number of halogens is 1. The molecule has 0 spiro atoms. The van der Waals surface area contributed by atoms with E-state index in [9.17, 15) is 9.59 Å². The van der Waals surface area contributed by atoms with Crippen molar-refractivity contribution in [2.24, 2.45) is 0 Å². The predicted octanol–water partition coefficient (Wildman–Crippen LogP) is 1.25. The molecule has 0 aliphatic carbocycles. The van der Waals surface area contributed by atoms with Gasteiger partial charge in [0.2, 0.25) is 0 Å². The number of nitrogens with one attached hydrogen (secondary N) is 2. The maximum Gasteiger partial charge on any atom is 0.316 e. The Labute approximate surface area is 168 Å². The van der Waals surface area contributed by atoms with Crippen LogP contribution in [0.15, 0.2) is 45.7 Å². The molecule has 0 bridgehead atoms. The molecular formula is C17H17BrN6O4. The maximum absolute atomic E-state index is 12.1. The molecule has 0 aliphatic heterocycles. The SMILES string of the molecule is COc1cccc(C(=O)NCCNC(=O)c2nc(Cn3cc(Br)cn3)no2)c1. The maximum atomic E-state index is 12.1. The van der Waals surface area contributed by atoms with Crippen molar-refractivity contribution in [3.8, 4) is 5.75 Å². The summed E-state index contributed by atoms with van der Waals surface area (Å²) in [6.07, 6.45) is 3.38. The number of benzene rings is 1. The first-order valence-electron chi connectivity index (χ1n) is 8.26. The van der Waals surface area contributed by atoms with Crippen molar-refractivity contribution in [2.45, 2.75) is 6.54 Å². The number of methoxy groups -OCH3 is 1. The minimum atomic E-state index is -0.518. The Hall–Kier alpha value is -3.21. The van der Waals surface area contributed by atoms with Crippen LogP contribution in [0.1, 0.15) is 26.9 Å². The molecule has 3 aromatic rings. The second-order valence-corrected chi connectivity index (χ2v) is 6.53. The summed E-state index contributed by atoms with van der Waals surface area (Å²) in [4.78, 5) is 28.1. The molecule has 2 heterocycles. The summed E-state index contributed by atoms with van der Waals surface area (Å²) in [7, 11) is 1.53. The van der Waals surface area contributed by atoms with Gasteiger partial charge in [-0.2, -0.15) is 10.1 Å². The van der Waals surface area contributed by atoms with E-state index >= 15 is 0 Å². The van der Waals surface area contributed by atoms with Crippen molar-refractivity contribution in [3.63, 3.8) is 0 Å². The van der Waals surface area contributed by atoms with E-state index in [0.717, 1.165) is 4.47 Å². The second kappa shape index (κ2) is 9.13. The Morgan fingerprint density at radius 1 is 1.25 bits per heavy atom. The summed E-state index contributed by atoms with van der Waals surface area (Å²) in [6, 6.07) is 6.78. The molecule has 0 aliphatic rings. The van der Waals surface area contributed by atoms with Crippen LogP contribution in [0.4, 0.5) is 0 Å². The Balaban J connectivity index is 1.43. The van der Waals surface area contributed by atoms with Gasteiger partial charge in [-0.25, -0.2) is 0 Å². The van der Waals surface area contributed by atoms with Crippen LogP contribution in [0, 0.1) is 0 Å². The number of nitrogens with zero attached hydrogens (tertiary/aromatic N) is 4. The third-order valence-electron chi connectivity index (χ3n) is 3.60. The summed E-state index contributed by atoms with van der Waals surface area (Å²) in [5, 5.41) is 13.1. The molecular weight excluding hydrogens is 432 g/mol. The zero-order valence-electron chi connectivity index (χ0n) is 14.9. The average Bonchev–Trinajstić information content (AvgIpc) is 3.34. The number of carbonyl (C=O) groups is 2. The van der Waals surface area contributed by atoms with Gasteiger partial charge in [-0.3, -0.25) is 14.3 Å². The van der Waals surface area contributed by atoms with Gasteiger partial charge in [-0.1, -0.05) is 11.2 Å². The number of hydrogen-bond acceptors (Lipinski definition) is 7. The molecule has 146 valence electrons. The molecule has 3 rings (SSSR count). The van der Waals surface area contributed by atoms with E-state index in [1.807, 2.05) is 0 Å². The number of rotatable bonds is 8. The monoisotopic (exact) mass is 448 g/mol. The highest BCUT2D eigenvalue weighted by Gasteiger charge is 2.15. The topological polar surface area (TPSA) is 124 Å². The van der Waals surface area contributed by atoms with Crippen molar-refractivity contribution < 1.29 is 18.8 Å². The molecule has 11 heteroatoms. The summed E-state index contributed by atoms with van der Waals surface area (Å²) < 4.78 is 12.5. The Morgan fingerprint density at radius 2 is 2.04 bits per heavy atom. The van der Waals surface area contributed by atoms with E-state index < -0.39 is 5.91 Å². The van der Waals surface area contributed by atoms with Crippen LogP contribution >= 0.6 is 15.9 Å². The number of ether oxygens (including phenoxy) is 1. The van der Waals surface area contributed by atoms with Gasteiger partial charge in [-0.05, 0) is 34.1 Å². The van der Waals surface area contributed by atoms with Crippen LogP contribution in [-0.4, -0.2) is 51.9 Å². The van der Waals surface area contributed by atoms with E-state index in [2.05, 4.69) is 41.8 Å². The van der Waals surface area contributed by atoms with Crippen LogP contribution in [0.2, 0.25) is 0 Å². The molecule has 2 amide bonds. The first-order valence-corrected chi connectivity index (χ1v) is 9.05. The van der Waals surface area contributed by atoms with Crippen LogP contribution in [-0.2, 0) is 6.54 Å². The minimum absolute atomic E-state index is 0.152. The number of aromatic nitrogens is 4. The zero-order valence-corrected chi connectivity index (χ0v) is 16.5. The normalized spacial score (nSPS) is 10.5. The van der Waals surface area contributed by atoms with Crippen LogP contribution < -0.4 is 15.4 Å². The lowest BCUT2D eigenvalue weighted by Crippen LogP contribution is -2.34. The average molecular weight is 449 g/mol. The number of amides is 2. The Kier molecular flexibility index (Phi) is 6.37. The summed E-state index contributed by atoms with van der Waals surface area (Å²) in [6.45, 7) is 0.724. The lowest BCUT2D eigenvalue weighted by Gasteiger charge is -2.07. The van der Waals surface area contributed by atoms with Crippen molar-refractivity contribution in [1.29, 1.82) is 0 Å². The highest BCUT2D eigenvalue weighted by molar-refractivity contribution is 9.10. The minimum Gasteiger partial charge on any atom is -0.497 e. The molecule has 0 atom stereocenters. The molecule has 28 heavy (non-hydrogen) atoms. The van der Waals surface area contributed by atoms with E-state index in [-0.39, 0.29) is 31.4 Å². The summed E-state index contributed by atoms with van der Waals surface area (Å²) >= 11 is 3.29. The Bertz CT molecular complexity index is 970. The highest BCUT2D eigenvalue weighted by atomic mass is 79.9. The van der Waals surface area contributed by atoms with Crippen LogP contribution in [0.25, 0.3) is 0 Å². The van der Waals surface area contributed by atoms with Crippen molar-refractivity contribution in [3.05, 3.63) is 58.4 Å². The Morgan fingerprint density at radius 3 is 2.75 bits per heavy atom. The van der Waals surface area contributed by atoms with E-state index in [1.165, 1.54) is 7.11 Å². The van der Waals surface area contributed by atoms with Crippen LogP contribution in [0.3, 0.4) is 0 Å². The van der Waals surface area contributed by atoms with Gasteiger partial charge in [0.15, 0.2) is 5.82 Å². The molecule has 10 nitrogen and oxygen atoms in total. The largest absolute Gasteiger partial charge is 0.497 e. The summed E-state index contributed by atoms with van der Waals surface area (Å²) in [5.74, 6) is -0.0160. The van der Waals surface area contributed by atoms with Gasteiger partial charge < -0.3 is 19.9 Å². The molecule has 2 N–H and O–H groups in total. The molecule has 1 aromatic carbocycles. The fraction of sp³-hybridized carbons (Fsp3) is 0.235. The van der Waals surface area contributed by atoms with Crippen molar-refractivity contribution >= 4 is 27.7 Å². The van der Waals surface area contributed by atoms with Gasteiger partial charge in [-0.15, -0.1) is 0 Å². The quantitative estimate of drug-likeness (QED) is 0.496. The first kappa shape index (κ1) is 19.5. The second-order valence-electron chi connectivity index (χ2n) is 5.62. The fourth-order valence-corrected chi connectivity index (χ4v) is 2.60.